The van der Waals surface area contributed by atoms with Gasteiger partial charge in [0.25, 0.3) is 5.72 Å². The van der Waals surface area contributed by atoms with Crippen LogP contribution >= 0.6 is 0 Å². The molecular weight excluding hydrogens is 218 g/mol. The summed E-state index contributed by atoms with van der Waals surface area (Å²) in [5.74, 6) is -1.06. The molecular formula is C13H13NO3. The minimum atomic E-state index is -1.47. The molecule has 17 heavy (non-hydrogen) atoms. The van der Waals surface area contributed by atoms with Crippen LogP contribution < -0.4 is 5.32 Å². The summed E-state index contributed by atoms with van der Waals surface area (Å²) in [7, 11) is 0. The Labute approximate surface area is 99.2 Å². The maximum absolute atomic E-state index is 11.2. The number of dihydropyridines is 1. The van der Waals surface area contributed by atoms with Gasteiger partial charge in [0.1, 0.15) is 0 Å². The lowest BCUT2D eigenvalue weighted by Gasteiger charge is -2.28. The number of carbonyl (C=O) groups is 1. The van der Waals surface area contributed by atoms with E-state index in [1.54, 1.807) is 18.4 Å². The van der Waals surface area contributed by atoms with Crippen LogP contribution in [0.15, 0.2) is 54.8 Å². The summed E-state index contributed by atoms with van der Waals surface area (Å²) < 4.78 is 5.47. The molecule has 1 aliphatic rings. The summed E-state index contributed by atoms with van der Waals surface area (Å²) in [6, 6.07) is 9.44. The van der Waals surface area contributed by atoms with E-state index in [9.17, 15) is 9.90 Å². The molecule has 1 aliphatic heterocycles. The molecule has 4 nitrogen and oxygen atoms in total. The summed E-state index contributed by atoms with van der Waals surface area (Å²) in [6.45, 7) is 0.234. The van der Waals surface area contributed by atoms with Gasteiger partial charge in [-0.15, -0.1) is 0 Å². The molecule has 0 fully saturated rings. The number of carboxylic acids is 1. The molecule has 0 radical (unpaired) electrons. The third-order valence-electron chi connectivity index (χ3n) is 2.46. The molecule has 4 heteroatoms. The molecule has 1 unspecified atom stereocenters. The van der Waals surface area contributed by atoms with Crippen molar-refractivity contribution in [2.24, 2.45) is 0 Å². The lowest BCUT2D eigenvalue weighted by atomic mass is 10.1. The van der Waals surface area contributed by atoms with Gasteiger partial charge in [-0.3, -0.25) is 0 Å². The molecule has 0 bridgehead atoms. The Balaban J connectivity index is 2.07. The van der Waals surface area contributed by atoms with Crippen molar-refractivity contribution in [3.05, 3.63) is 60.3 Å². The highest BCUT2D eigenvalue weighted by Crippen LogP contribution is 2.16. The molecule has 1 aromatic rings. The Hall–Kier alpha value is -2.07. The zero-order valence-corrected chi connectivity index (χ0v) is 9.17. The van der Waals surface area contributed by atoms with Crippen LogP contribution in [0, 0.1) is 0 Å². The fourth-order valence-electron chi connectivity index (χ4n) is 1.52. The number of aliphatic carboxylic acids is 1. The van der Waals surface area contributed by atoms with E-state index in [4.69, 9.17) is 4.74 Å². The molecule has 88 valence electrons. The van der Waals surface area contributed by atoms with Gasteiger partial charge in [0.05, 0.1) is 6.61 Å². The number of nitrogens with one attached hydrogen (secondary N) is 1. The van der Waals surface area contributed by atoms with E-state index in [0.29, 0.717) is 0 Å². The average Bonchev–Trinajstić information content (AvgIpc) is 2.38. The number of hydrogen-bond donors (Lipinski definition) is 2. The lowest BCUT2D eigenvalue weighted by molar-refractivity contribution is -0.163. The summed E-state index contributed by atoms with van der Waals surface area (Å²) in [6.07, 6.45) is 6.40. The molecule has 0 spiro atoms. The minimum Gasteiger partial charge on any atom is -0.477 e. The number of carboxylic acid groups (broad SMARTS) is 1. The van der Waals surface area contributed by atoms with Gasteiger partial charge in [0.15, 0.2) is 0 Å². The third kappa shape index (κ3) is 2.54. The van der Waals surface area contributed by atoms with Crippen molar-refractivity contribution in [2.75, 3.05) is 0 Å². The van der Waals surface area contributed by atoms with E-state index in [1.165, 1.54) is 6.08 Å². The van der Waals surface area contributed by atoms with Crippen molar-refractivity contribution in [1.29, 1.82) is 0 Å². The Morgan fingerprint density at radius 1 is 1.29 bits per heavy atom. The van der Waals surface area contributed by atoms with Crippen molar-refractivity contribution in [3.63, 3.8) is 0 Å². The SMILES string of the molecule is O=C(O)C1(OCc2ccccc2)C=CC=CN1. The fourth-order valence-corrected chi connectivity index (χ4v) is 1.52. The van der Waals surface area contributed by atoms with Crippen LogP contribution in [0.2, 0.25) is 0 Å². The first-order valence-corrected chi connectivity index (χ1v) is 5.26. The fraction of sp³-hybridized carbons (Fsp3) is 0.154. The zero-order valence-electron chi connectivity index (χ0n) is 9.17. The molecule has 0 amide bonds. The van der Waals surface area contributed by atoms with Gasteiger partial charge in [-0.1, -0.05) is 36.4 Å². The number of rotatable bonds is 4. The van der Waals surface area contributed by atoms with Crippen LogP contribution in [0.25, 0.3) is 0 Å². The van der Waals surface area contributed by atoms with Gasteiger partial charge in [-0.25, -0.2) is 4.79 Å². The normalized spacial score (nSPS) is 22.1. The molecule has 0 aromatic heterocycles. The van der Waals surface area contributed by atoms with Crippen LogP contribution in [-0.2, 0) is 16.1 Å². The third-order valence-corrected chi connectivity index (χ3v) is 2.46. The van der Waals surface area contributed by atoms with Gasteiger partial charge in [0.2, 0.25) is 0 Å². The Kier molecular flexibility index (Phi) is 3.25. The van der Waals surface area contributed by atoms with Crippen LogP contribution in [0.5, 0.6) is 0 Å². The summed E-state index contributed by atoms with van der Waals surface area (Å²) >= 11 is 0. The number of benzene rings is 1. The first-order valence-electron chi connectivity index (χ1n) is 5.26. The second kappa shape index (κ2) is 4.84. The predicted molar refractivity (Wildman–Crippen MR) is 63.0 cm³/mol. The number of allylic oxidation sites excluding steroid dienone is 2. The Morgan fingerprint density at radius 2 is 2.06 bits per heavy atom. The maximum Gasteiger partial charge on any atom is 0.361 e. The van der Waals surface area contributed by atoms with Crippen LogP contribution in [0.3, 0.4) is 0 Å². The second-order valence-corrected chi connectivity index (χ2v) is 3.68. The smallest absolute Gasteiger partial charge is 0.361 e. The highest BCUT2D eigenvalue weighted by Gasteiger charge is 2.36. The minimum absolute atomic E-state index is 0.234. The lowest BCUT2D eigenvalue weighted by Crippen LogP contribution is -2.51. The summed E-state index contributed by atoms with van der Waals surface area (Å²) in [5.41, 5.74) is -0.539. The van der Waals surface area contributed by atoms with Crippen LogP contribution in [0.4, 0.5) is 0 Å². The van der Waals surface area contributed by atoms with Crippen molar-refractivity contribution in [3.8, 4) is 0 Å². The highest BCUT2D eigenvalue weighted by molar-refractivity contribution is 5.80. The van der Waals surface area contributed by atoms with E-state index in [0.717, 1.165) is 5.56 Å². The van der Waals surface area contributed by atoms with Crippen LogP contribution in [-0.4, -0.2) is 16.8 Å². The van der Waals surface area contributed by atoms with Gasteiger partial charge in [0, 0.05) is 0 Å². The number of ether oxygens (including phenoxy) is 1. The first kappa shape index (κ1) is 11.4. The van der Waals surface area contributed by atoms with Crippen LogP contribution in [0.1, 0.15) is 5.56 Å². The van der Waals surface area contributed by atoms with Crippen molar-refractivity contribution in [2.45, 2.75) is 12.3 Å². The highest BCUT2D eigenvalue weighted by atomic mass is 16.5. The molecule has 0 saturated heterocycles. The first-order chi connectivity index (χ1) is 8.23. The Bertz CT molecular complexity index is 453. The van der Waals surface area contributed by atoms with Gasteiger partial charge >= 0.3 is 5.97 Å². The summed E-state index contributed by atoms with van der Waals surface area (Å²) in [5, 5.41) is 11.9. The van der Waals surface area contributed by atoms with Gasteiger partial charge in [-0.05, 0) is 23.9 Å². The summed E-state index contributed by atoms with van der Waals surface area (Å²) in [4.78, 5) is 11.2. The Morgan fingerprint density at radius 3 is 2.65 bits per heavy atom. The zero-order chi connectivity index (χ0) is 12.1. The van der Waals surface area contributed by atoms with Crippen molar-refractivity contribution in [1.82, 2.24) is 5.32 Å². The largest absolute Gasteiger partial charge is 0.477 e. The molecule has 0 aliphatic carbocycles. The van der Waals surface area contributed by atoms with Crippen molar-refractivity contribution < 1.29 is 14.6 Å². The maximum atomic E-state index is 11.2. The second-order valence-electron chi connectivity index (χ2n) is 3.68. The van der Waals surface area contributed by atoms with Crippen molar-refractivity contribution >= 4 is 5.97 Å². The van der Waals surface area contributed by atoms with E-state index in [-0.39, 0.29) is 6.61 Å². The molecule has 1 heterocycles. The van der Waals surface area contributed by atoms with E-state index in [1.807, 2.05) is 30.3 Å². The van der Waals surface area contributed by atoms with E-state index >= 15 is 0 Å². The number of hydrogen-bond acceptors (Lipinski definition) is 3. The molecule has 2 rings (SSSR count). The van der Waals surface area contributed by atoms with Gasteiger partial charge < -0.3 is 15.2 Å². The molecule has 1 atom stereocenters. The standard InChI is InChI=1S/C13H13NO3/c15-12(16)13(8-4-5-9-14-13)17-10-11-6-2-1-3-7-11/h1-9,14H,10H2,(H,15,16). The predicted octanol–water partition coefficient (Wildman–Crippen LogP) is 1.66. The molecule has 1 aromatic carbocycles. The van der Waals surface area contributed by atoms with Gasteiger partial charge in [-0.2, -0.15) is 0 Å². The molecule has 0 saturated carbocycles. The molecule has 2 N–H and O–H groups in total. The quantitative estimate of drug-likeness (QED) is 0.827. The monoisotopic (exact) mass is 231 g/mol. The van der Waals surface area contributed by atoms with E-state index < -0.39 is 11.7 Å². The average molecular weight is 231 g/mol. The topological polar surface area (TPSA) is 58.6 Å². The van der Waals surface area contributed by atoms with E-state index in [2.05, 4.69) is 5.32 Å².